The minimum atomic E-state index is -0.199. The molecule has 2 saturated heterocycles. The molecule has 2 rings (SSSR count). The fourth-order valence-corrected chi connectivity index (χ4v) is 3.31. The van der Waals surface area contributed by atoms with Crippen molar-refractivity contribution in [2.75, 3.05) is 26.3 Å². The van der Waals surface area contributed by atoms with Crippen LogP contribution in [0, 0.1) is 11.8 Å². The molecule has 2 amide bonds. The molecule has 2 aliphatic rings. The van der Waals surface area contributed by atoms with Crippen molar-refractivity contribution < 1.29 is 14.3 Å². The molecule has 0 radical (unpaired) electrons. The van der Waals surface area contributed by atoms with Crippen LogP contribution in [0.1, 0.15) is 52.9 Å². The number of rotatable bonds is 5. The van der Waals surface area contributed by atoms with E-state index in [2.05, 4.69) is 5.32 Å². The van der Waals surface area contributed by atoms with Gasteiger partial charge in [0.15, 0.2) is 0 Å². The molecule has 0 aliphatic carbocycles. The van der Waals surface area contributed by atoms with Crippen molar-refractivity contribution >= 4 is 11.8 Å². The summed E-state index contributed by atoms with van der Waals surface area (Å²) in [6.07, 6.45) is 4.81. The van der Waals surface area contributed by atoms with E-state index in [1.54, 1.807) is 0 Å². The Hall–Kier alpha value is -1.10. The normalized spacial score (nSPS) is 23.9. The van der Waals surface area contributed by atoms with Gasteiger partial charge in [0.1, 0.15) is 0 Å². The molecule has 5 heteroatoms. The zero-order chi connectivity index (χ0) is 16.2. The summed E-state index contributed by atoms with van der Waals surface area (Å²) in [5, 5.41) is 3.01. The van der Waals surface area contributed by atoms with Crippen LogP contribution in [0.5, 0.6) is 0 Å². The van der Waals surface area contributed by atoms with E-state index in [1.165, 1.54) is 0 Å². The summed E-state index contributed by atoms with van der Waals surface area (Å²) >= 11 is 0. The molecule has 0 bridgehead atoms. The predicted molar refractivity (Wildman–Crippen MR) is 85.4 cm³/mol. The monoisotopic (exact) mass is 310 g/mol. The molecule has 0 aromatic rings. The average molecular weight is 310 g/mol. The first-order chi connectivity index (χ1) is 10.4. The summed E-state index contributed by atoms with van der Waals surface area (Å²) in [5.74, 6) is 0.687. The third kappa shape index (κ3) is 4.70. The van der Waals surface area contributed by atoms with E-state index >= 15 is 0 Å². The van der Waals surface area contributed by atoms with Crippen LogP contribution in [0.2, 0.25) is 0 Å². The van der Waals surface area contributed by atoms with Gasteiger partial charge in [-0.2, -0.15) is 0 Å². The lowest BCUT2D eigenvalue weighted by molar-refractivity contribution is -0.132. The number of nitrogens with one attached hydrogen (secondary N) is 1. The highest BCUT2D eigenvalue weighted by Gasteiger charge is 2.39. The first kappa shape index (κ1) is 17.3. The Bertz CT molecular complexity index is 397. The quantitative estimate of drug-likeness (QED) is 0.790. The Labute approximate surface area is 133 Å². The zero-order valence-corrected chi connectivity index (χ0v) is 14.2. The lowest BCUT2D eigenvalue weighted by Gasteiger charge is -2.31. The zero-order valence-electron chi connectivity index (χ0n) is 14.2. The predicted octanol–water partition coefficient (Wildman–Crippen LogP) is 1.96. The van der Waals surface area contributed by atoms with Gasteiger partial charge < -0.3 is 15.0 Å². The Morgan fingerprint density at radius 3 is 2.59 bits per heavy atom. The van der Waals surface area contributed by atoms with Crippen molar-refractivity contribution in [2.45, 2.75) is 58.4 Å². The number of nitrogens with zero attached hydrogens (tertiary/aromatic N) is 1. The van der Waals surface area contributed by atoms with Gasteiger partial charge in [-0.1, -0.05) is 0 Å². The van der Waals surface area contributed by atoms with Crippen molar-refractivity contribution in [2.24, 2.45) is 11.8 Å². The van der Waals surface area contributed by atoms with E-state index in [-0.39, 0.29) is 23.3 Å². The Balaban J connectivity index is 1.66. The molecule has 1 unspecified atom stereocenters. The van der Waals surface area contributed by atoms with Gasteiger partial charge in [0.2, 0.25) is 11.8 Å². The summed E-state index contributed by atoms with van der Waals surface area (Å²) in [4.78, 5) is 26.0. The fraction of sp³-hybridized carbons (Fsp3) is 0.882. The summed E-state index contributed by atoms with van der Waals surface area (Å²) in [6.45, 7) is 9.06. The Morgan fingerprint density at radius 2 is 2.00 bits per heavy atom. The minimum absolute atomic E-state index is 0.0343. The standard InChI is InChI=1S/C17H30N2O3/c1-17(2,3)19-12-14(11-15(19)20)16(21)18-8-4-5-13-6-9-22-10-7-13/h13-14H,4-12H2,1-3H3,(H,18,21). The summed E-state index contributed by atoms with van der Waals surface area (Å²) in [5.41, 5.74) is -0.199. The van der Waals surface area contributed by atoms with Crippen LogP contribution in [-0.2, 0) is 14.3 Å². The third-order valence-corrected chi connectivity index (χ3v) is 4.73. The fourth-order valence-electron chi connectivity index (χ4n) is 3.31. The van der Waals surface area contributed by atoms with Gasteiger partial charge >= 0.3 is 0 Å². The molecular formula is C17H30N2O3. The molecule has 0 aromatic carbocycles. The summed E-state index contributed by atoms with van der Waals surface area (Å²) in [6, 6.07) is 0. The first-order valence-corrected chi connectivity index (χ1v) is 8.54. The maximum atomic E-state index is 12.2. The molecule has 5 nitrogen and oxygen atoms in total. The number of carbonyl (C=O) groups is 2. The van der Waals surface area contributed by atoms with Crippen molar-refractivity contribution in [3.8, 4) is 0 Å². The number of hydrogen-bond acceptors (Lipinski definition) is 3. The van der Waals surface area contributed by atoms with Crippen molar-refractivity contribution in [3.05, 3.63) is 0 Å². The van der Waals surface area contributed by atoms with Crippen LogP contribution in [-0.4, -0.2) is 48.6 Å². The van der Waals surface area contributed by atoms with Crippen molar-refractivity contribution in [3.63, 3.8) is 0 Å². The molecule has 0 saturated carbocycles. The molecule has 0 spiro atoms. The van der Waals surface area contributed by atoms with Gasteiger partial charge in [-0.05, 0) is 52.4 Å². The smallest absolute Gasteiger partial charge is 0.225 e. The molecule has 0 aromatic heterocycles. The minimum Gasteiger partial charge on any atom is -0.381 e. The van der Waals surface area contributed by atoms with E-state index < -0.39 is 0 Å². The van der Waals surface area contributed by atoms with E-state index in [4.69, 9.17) is 4.74 Å². The van der Waals surface area contributed by atoms with E-state index in [0.717, 1.165) is 51.4 Å². The van der Waals surface area contributed by atoms with E-state index in [1.807, 2.05) is 25.7 Å². The third-order valence-electron chi connectivity index (χ3n) is 4.73. The van der Waals surface area contributed by atoms with Gasteiger partial charge in [-0.15, -0.1) is 0 Å². The van der Waals surface area contributed by atoms with Gasteiger partial charge in [-0.25, -0.2) is 0 Å². The number of hydrogen-bond donors (Lipinski definition) is 1. The van der Waals surface area contributed by atoms with Gasteiger partial charge in [0, 0.05) is 38.3 Å². The topological polar surface area (TPSA) is 58.6 Å². The highest BCUT2D eigenvalue weighted by atomic mass is 16.5. The second kappa shape index (κ2) is 7.44. The lowest BCUT2D eigenvalue weighted by atomic mass is 9.95. The molecule has 22 heavy (non-hydrogen) atoms. The first-order valence-electron chi connectivity index (χ1n) is 8.54. The Kier molecular flexibility index (Phi) is 5.84. The van der Waals surface area contributed by atoms with Crippen LogP contribution in [0.3, 0.4) is 0 Å². The maximum absolute atomic E-state index is 12.2. The molecule has 2 heterocycles. The summed E-state index contributed by atoms with van der Waals surface area (Å²) in [7, 11) is 0. The lowest BCUT2D eigenvalue weighted by Crippen LogP contribution is -2.43. The van der Waals surface area contributed by atoms with Gasteiger partial charge in [0.25, 0.3) is 0 Å². The number of ether oxygens (including phenoxy) is 1. The summed E-state index contributed by atoms with van der Waals surface area (Å²) < 4.78 is 5.35. The molecular weight excluding hydrogens is 280 g/mol. The molecule has 1 N–H and O–H groups in total. The number of amides is 2. The number of carbonyl (C=O) groups excluding carboxylic acids is 2. The second-order valence-corrected chi connectivity index (χ2v) is 7.57. The number of likely N-dealkylation sites (tertiary alicyclic amines) is 1. The van der Waals surface area contributed by atoms with Crippen molar-refractivity contribution in [1.82, 2.24) is 10.2 Å². The van der Waals surface area contributed by atoms with Crippen LogP contribution in [0.15, 0.2) is 0 Å². The van der Waals surface area contributed by atoms with Crippen LogP contribution >= 0.6 is 0 Å². The average Bonchev–Trinajstić information content (AvgIpc) is 2.87. The second-order valence-electron chi connectivity index (χ2n) is 7.57. The van der Waals surface area contributed by atoms with Crippen LogP contribution < -0.4 is 5.32 Å². The molecule has 126 valence electrons. The largest absolute Gasteiger partial charge is 0.381 e. The van der Waals surface area contributed by atoms with E-state index in [9.17, 15) is 9.59 Å². The van der Waals surface area contributed by atoms with Crippen molar-refractivity contribution in [1.29, 1.82) is 0 Å². The van der Waals surface area contributed by atoms with Crippen LogP contribution in [0.4, 0.5) is 0 Å². The van der Waals surface area contributed by atoms with Crippen LogP contribution in [0.25, 0.3) is 0 Å². The SMILES string of the molecule is CC(C)(C)N1CC(C(=O)NCCCC2CCOCC2)CC1=O. The van der Waals surface area contributed by atoms with E-state index in [0.29, 0.717) is 13.0 Å². The van der Waals surface area contributed by atoms with Gasteiger partial charge in [-0.3, -0.25) is 9.59 Å². The molecule has 2 aliphatic heterocycles. The Morgan fingerprint density at radius 1 is 1.32 bits per heavy atom. The maximum Gasteiger partial charge on any atom is 0.225 e. The highest BCUT2D eigenvalue weighted by Crippen LogP contribution is 2.26. The molecule has 2 fully saturated rings. The molecule has 1 atom stereocenters. The highest BCUT2D eigenvalue weighted by molar-refractivity contribution is 5.89. The van der Waals surface area contributed by atoms with Gasteiger partial charge in [0.05, 0.1) is 5.92 Å².